The number of pyridine rings is 1. The number of non-ortho nitro benzene ring substituents is 1. The molecule has 6 heteroatoms. The number of anilines is 1. The third-order valence-corrected chi connectivity index (χ3v) is 2.55. The summed E-state index contributed by atoms with van der Waals surface area (Å²) in [5.41, 5.74) is 1.08. The van der Waals surface area contributed by atoms with Crippen molar-refractivity contribution in [1.82, 2.24) is 4.98 Å². The van der Waals surface area contributed by atoms with Crippen LogP contribution in [0.15, 0.2) is 42.1 Å². The summed E-state index contributed by atoms with van der Waals surface area (Å²) in [5.74, 6) is 0. The first kappa shape index (κ1) is 12.3. The smallest absolute Gasteiger partial charge is 0.295 e. The van der Waals surface area contributed by atoms with Crippen LogP contribution < -0.4 is 5.32 Å². The van der Waals surface area contributed by atoms with Gasteiger partial charge in [-0.1, -0.05) is 30.3 Å². The summed E-state index contributed by atoms with van der Waals surface area (Å²) in [6.45, 7) is 3.97. The molecule has 0 spiro atoms. The van der Waals surface area contributed by atoms with Crippen LogP contribution >= 0.6 is 11.6 Å². The van der Waals surface area contributed by atoms with E-state index in [1.165, 1.54) is 12.3 Å². The fourth-order valence-corrected chi connectivity index (χ4v) is 1.72. The Hall–Kier alpha value is -2.14. The van der Waals surface area contributed by atoms with E-state index in [1.54, 1.807) is 18.2 Å². The lowest BCUT2D eigenvalue weighted by atomic mass is 10.1. The average molecular weight is 264 g/mol. The van der Waals surface area contributed by atoms with Crippen LogP contribution in [0.5, 0.6) is 0 Å². The maximum atomic E-state index is 10.9. The van der Waals surface area contributed by atoms with Crippen LogP contribution in [-0.2, 0) is 0 Å². The van der Waals surface area contributed by atoms with Crippen molar-refractivity contribution in [2.24, 2.45) is 0 Å². The van der Waals surface area contributed by atoms with Crippen molar-refractivity contribution < 1.29 is 4.92 Å². The molecule has 0 atom stereocenters. The maximum Gasteiger partial charge on any atom is 0.295 e. The lowest BCUT2D eigenvalue weighted by molar-refractivity contribution is -0.383. The molecule has 0 radical (unpaired) electrons. The van der Waals surface area contributed by atoms with Crippen molar-refractivity contribution in [1.29, 1.82) is 0 Å². The largest absolute Gasteiger partial charge is 0.379 e. The van der Waals surface area contributed by atoms with Crippen LogP contribution in [0.25, 0.3) is 10.9 Å². The summed E-state index contributed by atoms with van der Waals surface area (Å²) < 4.78 is 0. The van der Waals surface area contributed by atoms with E-state index in [0.29, 0.717) is 22.5 Å². The van der Waals surface area contributed by atoms with Gasteiger partial charge in [0.2, 0.25) is 0 Å². The highest BCUT2D eigenvalue weighted by atomic mass is 35.5. The number of fused-ring (bicyclic) bond motifs is 1. The molecule has 0 aliphatic rings. The van der Waals surface area contributed by atoms with Crippen LogP contribution in [0.1, 0.15) is 0 Å². The van der Waals surface area contributed by atoms with E-state index in [2.05, 4.69) is 16.9 Å². The van der Waals surface area contributed by atoms with Gasteiger partial charge in [-0.25, -0.2) is 4.98 Å². The summed E-state index contributed by atoms with van der Waals surface area (Å²) >= 11 is 5.68. The Balaban J connectivity index is 2.53. The average Bonchev–Trinajstić information content (AvgIpc) is 2.35. The van der Waals surface area contributed by atoms with Crippen LogP contribution in [-0.4, -0.2) is 16.5 Å². The van der Waals surface area contributed by atoms with Gasteiger partial charge in [-0.05, 0) is 6.07 Å². The number of nitrogens with zero attached hydrogens (tertiary/aromatic N) is 2. The fraction of sp³-hybridized carbons (Fsp3) is 0.0833. The van der Waals surface area contributed by atoms with E-state index in [9.17, 15) is 10.1 Å². The molecule has 0 saturated carbocycles. The van der Waals surface area contributed by atoms with Crippen molar-refractivity contribution in [3.8, 4) is 0 Å². The summed E-state index contributed by atoms with van der Waals surface area (Å²) in [6, 6.07) is 6.57. The number of para-hydroxylation sites is 1. The van der Waals surface area contributed by atoms with Gasteiger partial charge >= 0.3 is 0 Å². The Bertz CT molecular complexity index is 628. The number of rotatable bonds is 4. The van der Waals surface area contributed by atoms with Gasteiger partial charge in [-0.15, -0.1) is 0 Å². The highest BCUT2D eigenvalue weighted by Gasteiger charge is 2.14. The zero-order chi connectivity index (χ0) is 13.1. The van der Waals surface area contributed by atoms with Crippen LogP contribution in [0.2, 0.25) is 0 Å². The van der Waals surface area contributed by atoms with Crippen molar-refractivity contribution in [2.45, 2.75) is 0 Å². The molecule has 5 nitrogen and oxygen atoms in total. The van der Waals surface area contributed by atoms with Crippen LogP contribution in [0, 0.1) is 10.1 Å². The second-order valence-corrected chi connectivity index (χ2v) is 4.19. The highest BCUT2D eigenvalue weighted by molar-refractivity contribution is 6.29. The first-order chi connectivity index (χ1) is 8.59. The van der Waals surface area contributed by atoms with Crippen molar-refractivity contribution in [3.63, 3.8) is 0 Å². The Morgan fingerprint density at radius 3 is 2.94 bits per heavy atom. The number of hydrogen-bond donors (Lipinski definition) is 1. The van der Waals surface area contributed by atoms with Gasteiger partial charge in [0.05, 0.1) is 11.5 Å². The SMILES string of the molecule is C=C(Cl)CNc1ccnc2c([N+](=O)[O-])cccc12. The molecule has 0 amide bonds. The quantitative estimate of drug-likeness (QED) is 0.679. The molecule has 0 fully saturated rings. The zero-order valence-electron chi connectivity index (χ0n) is 9.39. The summed E-state index contributed by atoms with van der Waals surface area (Å²) in [4.78, 5) is 14.5. The molecule has 1 aromatic heterocycles. The highest BCUT2D eigenvalue weighted by Crippen LogP contribution is 2.28. The standard InChI is InChI=1S/C12H10ClN3O2/c1-8(13)7-15-10-5-6-14-12-9(10)3-2-4-11(12)16(17)18/h2-6H,1,7H2,(H,14,15). The molecule has 0 aliphatic carbocycles. The predicted octanol–water partition coefficient (Wildman–Crippen LogP) is 3.31. The predicted molar refractivity (Wildman–Crippen MR) is 71.9 cm³/mol. The third kappa shape index (κ3) is 2.41. The Morgan fingerprint density at radius 1 is 1.50 bits per heavy atom. The van der Waals surface area contributed by atoms with Crippen molar-refractivity contribution in [2.75, 3.05) is 11.9 Å². The number of halogens is 1. The summed E-state index contributed by atoms with van der Waals surface area (Å²) in [7, 11) is 0. The van der Waals surface area contributed by atoms with Gasteiger partial charge in [0.15, 0.2) is 0 Å². The maximum absolute atomic E-state index is 10.9. The summed E-state index contributed by atoms with van der Waals surface area (Å²) in [6.07, 6.45) is 1.52. The third-order valence-electron chi connectivity index (χ3n) is 2.42. The van der Waals surface area contributed by atoms with E-state index < -0.39 is 4.92 Å². The Morgan fingerprint density at radius 2 is 2.28 bits per heavy atom. The minimum Gasteiger partial charge on any atom is -0.379 e. The molecule has 2 aromatic rings. The van der Waals surface area contributed by atoms with E-state index in [-0.39, 0.29) is 5.69 Å². The number of aromatic nitrogens is 1. The minimum atomic E-state index is -0.445. The molecule has 0 bridgehead atoms. The Kier molecular flexibility index (Phi) is 3.43. The van der Waals surface area contributed by atoms with Gasteiger partial charge in [0.25, 0.3) is 5.69 Å². The van der Waals surface area contributed by atoms with Crippen LogP contribution in [0.4, 0.5) is 11.4 Å². The second-order valence-electron chi connectivity index (χ2n) is 3.66. The number of nitrogens with one attached hydrogen (secondary N) is 1. The fourth-order valence-electron chi connectivity index (χ4n) is 1.65. The zero-order valence-corrected chi connectivity index (χ0v) is 10.1. The van der Waals surface area contributed by atoms with Crippen LogP contribution in [0.3, 0.4) is 0 Å². The molecule has 1 heterocycles. The first-order valence-corrected chi connectivity index (χ1v) is 5.56. The molecule has 2 rings (SSSR count). The van der Waals surface area contributed by atoms with Gasteiger partial charge in [-0.2, -0.15) is 0 Å². The molecular weight excluding hydrogens is 254 g/mol. The lowest BCUT2D eigenvalue weighted by Gasteiger charge is -2.08. The molecule has 0 aliphatic heterocycles. The van der Waals surface area contributed by atoms with E-state index in [0.717, 1.165) is 5.69 Å². The number of benzene rings is 1. The van der Waals surface area contributed by atoms with E-state index in [4.69, 9.17) is 11.6 Å². The van der Waals surface area contributed by atoms with Gasteiger partial charge in [-0.3, -0.25) is 10.1 Å². The molecule has 1 aromatic carbocycles. The number of nitro benzene ring substituents is 1. The van der Waals surface area contributed by atoms with Gasteiger partial charge < -0.3 is 5.32 Å². The molecule has 0 saturated heterocycles. The van der Waals surface area contributed by atoms with Crippen molar-refractivity contribution >= 4 is 33.9 Å². The molecular formula is C12H10ClN3O2. The number of hydrogen-bond acceptors (Lipinski definition) is 4. The monoisotopic (exact) mass is 263 g/mol. The van der Waals surface area contributed by atoms with Gasteiger partial charge in [0, 0.05) is 28.4 Å². The van der Waals surface area contributed by atoms with E-state index >= 15 is 0 Å². The first-order valence-electron chi connectivity index (χ1n) is 5.19. The molecule has 92 valence electrons. The molecule has 0 unspecified atom stereocenters. The molecule has 18 heavy (non-hydrogen) atoms. The summed E-state index contributed by atoms with van der Waals surface area (Å²) in [5, 5.41) is 15.1. The molecule has 1 N–H and O–H groups in total. The minimum absolute atomic E-state index is 0.0131. The number of nitro groups is 1. The lowest BCUT2D eigenvalue weighted by Crippen LogP contribution is -2.02. The Labute approximate surface area is 108 Å². The van der Waals surface area contributed by atoms with Gasteiger partial charge in [0.1, 0.15) is 5.52 Å². The van der Waals surface area contributed by atoms with Crippen molar-refractivity contribution in [3.05, 3.63) is 52.2 Å². The normalized spacial score (nSPS) is 10.3. The topological polar surface area (TPSA) is 68.1 Å². The van der Waals surface area contributed by atoms with E-state index in [1.807, 2.05) is 0 Å². The second kappa shape index (κ2) is 5.01.